The van der Waals surface area contributed by atoms with E-state index >= 15 is 0 Å². The van der Waals surface area contributed by atoms with Crippen LogP contribution in [0.15, 0.2) is 71.6 Å². The molecule has 4 rings (SSSR count). The molecule has 3 aromatic carbocycles. The summed E-state index contributed by atoms with van der Waals surface area (Å²) in [6.45, 7) is 0.512. The van der Waals surface area contributed by atoms with Gasteiger partial charge in [0.25, 0.3) is 5.91 Å². The molecule has 1 amide bonds. The van der Waals surface area contributed by atoms with Crippen molar-refractivity contribution in [3.8, 4) is 5.75 Å². The van der Waals surface area contributed by atoms with E-state index in [1.165, 1.54) is 22.5 Å². The van der Waals surface area contributed by atoms with Crippen molar-refractivity contribution in [2.24, 2.45) is 0 Å². The van der Waals surface area contributed by atoms with Crippen LogP contribution < -0.4 is 10.1 Å². The van der Waals surface area contributed by atoms with E-state index in [2.05, 4.69) is 35.6 Å². The third-order valence-corrected chi connectivity index (χ3v) is 5.20. The lowest BCUT2D eigenvalue weighted by atomic mass is 10.1. The van der Waals surface area contributed by atoms with E-state index in [0.717, 1.165) is 16.9 Å². The lowest BCUT2D eigenvalue weighted by Crippen LogP contribution is -2.17. The van der Waals surface area contributed by atoms with Crippen LogP contribution in [0, 0.1) is 0 Å². The molecule has 1 saturated heterocycles. The number of rotatable bonds is 4. The number of thiocarbonyl (C=S) groups is 1. The first kappa shape index (κ1) is 16.8. The number of amides is 1. The molecule has 3 aromatic rings. The van der Waals surface area contributed by atoms with Crippen LogP contribution in [0.4, 0.5) is 0 Å². The topological polar surface area (TPSA) is 38.3 Å². The Labute approximate surface area is 161 Å². The number of ether oxygens (including phenoxy) is 1. The second kappa shape index (κ2) is 7.32. The zero-order valence-electron chi connectivity index (χ0n) is 13.8. The molecule has 1 aliphatic heterocycles. The second-order valence-electron chi connectivity index (χ2n) is 5.89. The van der Waals surface area contributed by atoms with Crippen LogP contribution in [0.2, 0.25) is 0 Å². The largest absolute Gasteiger partial charge is 0.489 e. The van der Waals surface area contributed by atoms with E-state index in [0.29, 0.717) is 15.8 Å². The molecule has 0 bridgehead atoms. The average molecular weight is 377 g/mol. The molecular weight excluding hydrogens is 362 g/mol. The molecule has 0 radical (unpaired) electrons. The molecule has 26 heavy (non-hydrogen) atoms. The molecule has 1 aliphatic rings. The quantitative estimate of drug-likeness (QED) is 0.518. The fraction of sp³-hybridized carbons (Fsp3) is 0.0476. The van der Waals surface area contributed by atoms with Crippen LogP contribution in [0.1, 0.15) is 11.1 Å². The van der Waals surface area contributed by atoms with Gasteiger partial charge in [0.2, 0.25) is 0 Å². The highest BCUT2D eigenvalue weighted by Crippen LogP contribution is 2.26. The van der Waals surface area contributed by atoms with E-state index < -0.39 is 0 Å². The monoisotopic (exact) mass is 377 g/mol. The fourth-order valence-corrected chi connectivity index (χ4v) is 3.77. The summed E-state index contributed by atoms with van der Waals surface area (Å²) in [5.74, 6) is 0.649. The van der Waals surface area contributed by atoms with E-state index in [1.807, 2.05) is 42.5 Å². The van der Waals surface area contributed by atoms with Crippen molar-refractivity contribution in [2.75, 3.05) is 0 Å². The van der Waals surface area contributed by atoms with Gasteiger partial charge in [-0.05, 0) is 46.2 Å². The minimum atomic E-state index is -0.142. The Kier molecular flexibility index (Phi) is 4.73. The van der Waals surface area contributed by atoms with E-state index in [-0.39, 0.29) is 5.91 Å². The minimum absolute atomic E-state index is 0.142. The first-order chi connectivity index (χ1) is 12.7. The summed E-state index contributed by atoms with van der Waals surface area (Å²) >= 11 is 6.27. The Morgan fingerprint density at radius 1 is 1.00 bits per heavy atom. The average Bonchev–Trinajstić information content (AvgIpc) is 2.98. The number of hydrogen-bond acceptors (Lipinski definition) is 4. The van der Waals surface area contributed by atoms with Crippen LogP contribution in [0.3, 0.4) is 0 Å². The van der Waals surface area contributed by atoms with E-state index in [9.17, 15) is 4.79 Å². The maximum absolute atomic E-state index is 11.7. The summed E-state index contributed by atoms with van der Waals surface area (Å²) < 4.78 is 6.38. The summed E-state index contributed by atoms with van der Waals surface area (Å²) in [5, 5.41) is 5.05. The van der Waals surface area contributed by atoms with E-state index in [4.69, 9.17) is 17.0 Å². The smallest absolute Gasteiger partial charge is 0.263 e. The van der Waals surface area contributed by atoms with Gasteiger partial charge in [-0.3, -0.25) is 4.79 Å². The van der Waals surface area contributed by atoms with Gasteiger partial charge in [0.1, 0.15) is 16.7 Å². The van der Waals surface area contributed by atoms with Crippen molar-refractivity contribution in [3.63, 3.8) is 0 Å². The van der Waals surface area contributed by atoms with Crippen molar-refractivity contribution in [1.29, 1.82) is 0 Å². The lowest BCUT2D eigenvalue weighted by molar-refractivity contribution is -0.115. The normalized spacial score (nSPS) is 15.5. The number of fused-ring (bicyclic) bond motifs is 1. The highest BCUT2D eigenvalue weighted by Gasteiger charge is 2.21. The predicted octanol–water partition coefficient (Wildman–Crippen LogP) is 4.91. The van der Waals surface area contributed by atoms with Crippen molar-refractivity contribution in [3.05, 3.63) is 82.8 Å². The van der Waals surface area contributed by atoms with Crippen LogP contribution in [-0.2, 0) is 11.4 Å². The molecule has 0 aliphatic carbocycles. The summed E-state index contributed by atoms with van der Waals surface area (Å²) in [6.07, 6.45) is 1.83. The molecule has 0 spiro atoms. The summed E-state index contributed by atoms with van der Waals surface area (Å²) in [5.41, 5.74) is 2.06. The fourth-order valence-electron chi connectivity index (χ4n) is 2.73. The third-order valence-electron chi connectivity index (χ3n) is 4.04. The highest BCUT2D eigenvalue weighted by molar-refractivity contribution is 8.26. The lowest BCUT2D eigenvalue weighted by Gasteiger charge is -2.08. The predicted molar refractivity (Wildman–Crippen MR) is 111 cm³/mol. The Balaban J connectivity index is 1.43. The number of nitrogens with one attached hydrogen (secondary N) is 1. The van der Waals surface area contributed by atoms with Crippen LogP contribution in [0.25, 0.3) is 16.8 Å². The standard InChI is InChI=1S/C21H15NO2S2/c23-20-19(26-21(25)22-20)12-14-6-9-18(10-7-14)24-13-15-5-8-16-3-1-2-4-17(16)11-15/h1-12H,13H2,(H,22,23,25). The summed E-state index contributed by atoms with van der Waals surface area (Å²) in [7, 11) is 0. The molecule has 1 fully saturated rings. The van der Waals surface area contributed by atoms with Crippen molar-refractivity contribution < 1.29 is 9.53 Å². The first-order valence-electron chi connectivity index (χ1n) is 8.13. The molecule has 0 saturated carbocycles. The third kappa shape index (κ3) is 3.79. The molecule has 3 nitrogen and oxygen atoms in total. The maximum Gasteiger partial charge on any atom is 0.263 e. The summed E-state index contributed by atoms with van der Waals surface area (Å²) in [4.78, 5) is 12.3. The number of thioether (sulfide) groups is 1. The Bertz CT molecular complexity index is 1030. The molecular formula is C21H15NO2S2. The number of carbonyl (C=O) groups is 1. The van der Waals surface area contributed by atoms with Gasteiger partial charge in [-0.15, -0.1) is 0 Å². The van der Waals surface area contributed by atoms with Gasteiger partial charge in [0.05, 0.1) is 4.91 Å². The van der Waals surface area contributed by atoms with Crippen LogP contribution >= 0.6 is 24.0 Å². The molecule has 5 heteroatoms. The Hall–Kier alpha value is -2.63. The summed E-state index contributed by atoms with van der Waals surface area (Å²) in [6, 6.07) is 22.3. The van der Waals surface area contributed by atoms with Gasteiger partial charge < -0.3 is 10.1 Å². The van der Waals surface area contributed by atoms with Crippen molar-refractivity contribution in [1.82, 2.24) is 5.32 Å². The molecule has 0 unspecified atom stereocenters. The second-order valence-corrected chi connectivity index (χ2v) is 7.61. The first-order valence-corrected chi connectivity index (χ1v) is 9.35. The van der Waals surface area contributed by atoms with Gasteiger partial charge in [0.15, 0.2) is 0 Å². The van der Waals surface area contributed by atoms with E-state index in [1.54, 1.807) is 0 Å². The van der Waals surface area contributed by atoms with Crippen LogP contribution in [-0.4, -0.2) is 10.2 Å². The molecule has 128 valence electrons. The van der Waals surface area contributed by atoms with Gasteiger partial charge in [-0.25, -0.2) is 0 Å². The zero-order chi connectivity index (χ0) is 17.9. The zero-order valence-corrected chi connectivity index (χ0v) is 15.4. The minimum Gasteiger partial charge on any atom is -0.489 e. The molecule has 1 N–H and O–H groups in total. The van der Waals surface area contributed by atoms with Gasteiger partial charge in [-0.1, -0.05) is 72.5 Å². The number of hydrogen-bond donors (Lipinski definition) is 1. The maximum atomic E-state index is 11.7. The molecule has 0 aromatic heterocycles. The Morgan fingerprint density at radius 3 is 2.50 bits per heavy atom. The van der Waals surface area contributed by atoms with Gasteiger partial charge in [-0.2, -0.15) is 0 Å². The van der Waals surface area contributed by atoms with Crippen molar-refractivity contribution >= 4 is 51.1 Å². The molecule has 1 heterocycles. The number of benzene rings is 3. The van der Waals surface area contributed by atoms with Gasteiger partial charge >= 0.3 is 0 Å². The van der Waals surface area contributed by atoms with Gasteiger partial charge in [0, 0.05) is 0 Å². The molecule has 0 atom stereocenters. The van der Waals surface area contributed by atoms with Crippen molar-refractivity contribution in [2.45, 2.75) is 6.61 Å². The Morgan fingerprint density at radius 2 is 1.77 bits per heavy atom. The number of carbonyl (C=O) groups excluding carboxylic acids is 1. The van der Waals surface area contributed by atoms with Crippen LogP contribution in [0.5, 0.6) is 5.75 Å². The SMILES string of the molecule is O=C1NC(=S)SC1=Cc1ccc(OCc2ccc3ccccc3c2)cc1. The highest BCUT2D eigenvalue weighted by atomic mass is 32.2.